The highest BCUT2D eigenvalue weighted by atomic mass is 32.1. The Bertz CT molecular complexity index is 404. The number of ether oxygens (including phenoxy) is 1. The van der Waals surface area contributed by atoms with Crippen molar-refractivity contribution in [2.24, 2.45) is 5.41 Å². The number of anilines is 1. The number of hydrogen-bond acceptors (Lipinski definition) is 4. The van der Waals surface area contributed by atoms with Crippen molar-refractivity contribution in [2.45, 2.75) is 20.8 Å². The minimum atomic E-state index is -0.489. The number of methoxy groups -OCH3 is 1. The third-order valence-electron chi connectivity index (χ3n) is 1.98. The van der Waals surface area contributed by atoms with Crippen LogP contribution in [0.1, 0.15) is 31.1 Å². The molecule has 0 saturated carbocycles. The summed E-state index contributed by atoms with van der Waals surface area (Å²) >= 11 is 1.30. The molecule has 1 rings (SSSR count). The Hall–Kier alpha value is -1.36. The predicted octanol–water partition coefficient (Wildman–Crippen LogP) is 2.52. The lowest BCUT2D eigenvalue weighted by Crippen LogP contribution is -2.27. The summed E-state index contributed by atoms with van der Waals surface area (Å²) in [7, 11) is 1.31. The van der Waals surface area contributed by atoms with E-state index in [1.165, 1.54) is 18.4 Å². The zero-order valence-corrected chi connectivity index (χ0v) is 10.6. The average molecular weight is 241 g/mol. The monoisotopic (exact) mass is 241 g/mol. The number of thiophene rings is 1. The Morgan fingerprint density at radius 1 is 1.38 bits per heavy atom. The van der Waals surface area contributed by atoms with Gasteiger partial charge in [-0.15, -0.1) is 11.3 Å². The molecule has 88 valence electrons. The van der Waals surface area contributed by atoms with Crippen LogP contribution < -0.4 is 5.32 Å². The molecule has 0 radical (unpaired) electrons. The van der Waals surface area contributed by atoms with E-state index in [0.717, 1.165) is 0 Å². The number of carbonyl (C=O) groups excluding carboxylic acids is 2. The summed E-state index contributed by atoms with van der Waals surface area (Å²) in [5, 5.41) is 5.00. The number of hydrogen-bond donors (Lipinski definition) is 1. The highest BCUT2D eigenvalue weighted by molar-refractivity contribution is 7.14. The van der Waals surface area contributed by atoms with Gasteiger partial charge in [0.15, 0.2) is 0 Å². The van der Waals surface area contributed by atoms with Crippen molar-refractivity contribution in [3.63, 3.8) is 0 Å². The van der Waals surface area contributed by atoms with E-state index in [-0.39, 0.29) is 5.91 Å². The van der Waals surface area contributed by atoms with Crippen molar-refractivity contribution in [2.75, 3.05) is 12.4 Å². The molecule has 0 aliphatic rings. The molecule has 1 heterocycles. The second-order valence-electron chi connectivity index (χ2n) is 4.36. The van der Waals surface area contributed by atoms with E-state index in [9.17, 15) is 9.59 Å². The van der Waals surface area contributed by atoms with Crippen LogP contribution in [0.5, 0.6) is 0 Å². The maximum atomic E-state index is 11.7. The third-order valence-corrected chi connectivity index (χ3v) is 2.81. The fourth-order valence-corrected chi connectivity index (χ4v) is 1.74. The minimum Gasteiger partial charge on any atom is -0.465 e. The Balaban J connectivity index is 2.87. The predicted molar refractivity (Wildman–Crippen MR) is 63.7 cm³/mol. The van der Waals surface area contributed by atoms with E-state index in [4.69, 9.17) is 0 Å². The lowest BCUT2D eigenvalue weighted by molar-refractivity contribution is -0.123. The fourth-order valence-electron chi connectivity index (χ4n) is 0.967. The highest BCUT2D eigenvalue weighted by Gasteiger charge is 2.23. The molecule has 4 nitrogen and oxygen atoms in total. The molecule has 1 amide bonds. The van der Waals surface area contributed by atoms with Gasteiger partial charge in [-0.05, 0) is 11.4 Å². The molecular formula is C11H15NO3S. The Kier molecular flexibility index (Phi) is 3.70. The topological polar surface area (TPSA) is 55.4 Å². The standard InChI is InChI=1S/C11H15NO3S/c1-11(2,3)10(14)12-8-7(5-6-16-8)9(13)15-4/h5-6H,1-4H3,(H,12,14). The van der Waals surface area contributed by atoms with Gasteiger partial charge in [-0.2, -0.15) is 0 Å². The first-order chi connectivity index (χ1) is 7.36. The molecule has 0 saturated heterocycles. The van der Waals surface area contributed by atoms with Gasteiger partial charge in [0.2, 0.25) is 5.91 Å². The lowest BCUT2D eigenvalue weighted by atomic mass is 9.96. The quantitative estimate of drug-likeness (QED) is 0.809. The van der Waals surface area contributed by atoms with Gasteiger partial charge in [-0.1, -0.05) is 20.8 Å². The van der Waals surface area contributed by atoms with Crippen molar-refractivity contribution in [1.82, 2.24) is 0 Å². The van der Waals surface area contributed by atoms with Crippen molar-refractivity contribution in [1.29, 1.82) is 0 Å². The summed E-state index contributed by atoms with van der Waals surface area (Å²) in [5.74, 6) is -0.564. The summed E-state index contributed by atoms with van der Waals surface area (Å²) in [5.41, 5.74) is -0.0951. The highest BCUT2D eigenvalue weighted by Crippen LogP contribution is 2.26. The molecule has 5 heteroatoms. The van der Waals surface area contributed by atoms with Crippen LogP contribution in [-0.2, 0) is 9.53 Å². The van der Waals surface area contributed by atoms with Crippen molar-refractivity contribution in [3.05, 3.63) is 17.0 Å². The first-order valence-electron chi connectivity index (χ1n) is 4.83. The normalized spacial score (nSPS) is 11.0. The number of rotatable bonds is 2. The van der Waals surface area contributed by atoms with Gasteiger partial charge in [0, 0.05) is 5.41 Å². The fraction of sp³-hybridized carbons (Fsp3) is 0.455. The largest absolute Gasteiger partial charge is 0.465 e. The van der Waals surface area contributed by atoms with Gasteiger partial charge in [0.05, 0.1) is 12.7 Å². The molecule has 0 spiro atoms. The van der Waals surface area contributed by atoms with Crippen LogP contribution in [0.4, 0.5) is 5.00 Å². The molecule has 1 aromatic heterocycles. The van der Waals surface area contributed by atoms with Gasteiger partial charge in [-0.3, -0.25) is 4.79 Å². The molecular weight excluding hydrogens is 226 g/mol. The third kappa shape index (κ3) is 2.82. The Morgan fingerprint density at radius 3 is 2.50 bits per heavy atom. The lowest BCUT2D eigenvalue weighted by Gasteiger charge is -2.17. The average Bonchev–Trinajstić information content (AvgIpc) is 2.63. The van der Waals surface area contributed by atoms with Crippen molar-refractivity contribution >= 4 is 28.2 Å². The van der Waals surface area contributed by atoms with Crippen LogP contribution in [0.2, 0.25) is 0 Å². The van der Waals surface area contributed by atoms with Crippen LogP contribution in [0, 0.1) is 5.41 Å². The van der Waals surface area contributed by atoms with Gasteiger partial charge >= 0.3 is 5.97 Å². The molecule has 0 bridgehead atoms. The van der Waals surface area contributed by atoms with Crippen molar-refractivity contribution in [3.8, 4) is 0 Å². The van der Waals surface area contributed by atoms with Gasteiger partial charge < -0.3 is 10.1 Å². The number of esters is 1. The molecule has 0 aliphatic heterocycles. The summed E-state index contributed by atoms with van der Waals surface area (Å²) in [6, 6.07) is 1.63. The SMILES string of the molecule is COC(=O)c1ccsc1NC(=O)C(C)(C)C. The van der Waals surface area contributed by atoms with Crippen LogP contribution >= 0.6 is 11.3 Å². The van der Waals surface area contributed by atoms with E-state index in [1.54, 1.807) is 11.4 Å². The smallest absolute Gasteiger partial charge is 0.340 e. The Morgan fingerprint density at radius 2 is 2.00 bits per heavy atom. The molecule has 0 aromatic carbocycles. The molecule has 0 fully saturated rings. The summed E-state index contributed by atoms with van der Waals surface area (Å²) in [6.45, 7) is 5.44. The molecule has 1 N–H and O–H groups in total. The summed E-state index contributed by atoms with van der Waals surface area (Å²) in [4.78, 5) is 23.1. The zero-order chi connectivity index (χ0) is 12.3. The number of nitrogens with one attached hydrogen (secondary N) is 1. The van der Waals surface area contributed by atoms with E-state index in [2.05, 4.69) is 10.1 Å². The first-order valence-corrected chi connectivity index (χ1v) is 5.71. The summed E-state index contributed by atoms with van der Waals surface area (Å²) in [6.07, 6.45) is 0. The molecule has 1 aromatic rings. The van der Waals surface area contributed by atoms with E-state index in [0.29, 0.717) is 10.6 Å². The first kappa shape index (κ1) is 12.7. The van der Waals surface area contributed by atoms with Crippen LogP contribution in [0.3, 0.4) is 0 Å². The van der Waals surface area contributed by atoms with Crippen LogP contribution in [0.25, 0.3) is 0 Å². The maximum Gasteiger partial charge on any atom is 0.340 e. The van der Waals surface area contributed by atoms with Crippen LogP contribution in [0.15, 0.2) is 11.4 Å². The number of amides is 1. The van der Waals surface area contributed by atoms with Gasteiger partial charge in [0.1, 0.15) is 5.00 Å². The van der Waals surface area contributed by atoms with Gasteiger partial charge in [0.25, 0.3) is 0 Å². The zero-order valence-electron chi connectivity index (χ0n) is 9.79. The summed E-state index contributed by atoms with van der Waals surface area (Å²) < 4.78 is 4.62. The second-order valence-corrected chi connectivity index (χ2v) is 5.28. The van der Waals surface area contributed by atoms with Gasteiger partial charge in [-0.25, -0.2) is 4.79 Å². The van der Waals surface area contributed by atoms with Crippen molar-refractivity contribution < 1.29 is 14.3 Å². The molecule has 0 atom stereocenters. The molecule has 0 unspecified atom stereocenters. The number of carbonyl (C=O) groups is 2. The molecule has 0 aliphatic carbocycles. The van der Waals surface area contributed by atoms with Crippen LogP contribution in [-0.4, -0.2) is 19.0 Å². The Labute approximate surface area is 98.6 Å². The van der Waals surface area contributed by atoms with E-state index in [1.807, 2.05) is 20.8 Å². The van der Waals surface area contributed by atoms with E-state index >= 15 is 0 Å². The molecule has 16 heavy (non-hydrogen) atoms. The second kappa shape index (κ2) is 4.65. The maximum absolute atomic E-state index is 11.7. The van der Waals surface area contributed by atoms with E-state index < -0.39 is 11.4 Å². The minimum absolute atomic E-state index is 0.125.